The van der Waals surface area contributed by atoms with Gasteiger partial charge in [0.1, 0.15) is 5.75 Å². The van der Waals surface area contributed by atoms with Crippen molar-refractivity contribution in [1.82, 2.24) is 4.72 Å². The molecule has 2 aromatic carbocycles. The zero-order valence-corrected chi connectivity index (χ0v) is 15.3. The Morgan fingerprint density at radius 2 is 1.88 bits per heavy atom. The number of benzene rings is 2. The lowest BCUT2D eigenvalue weighted by Crippen LogP contribution is -2.37. The number of ether oxygens (including phenoxy) is 1. The van der Waals surface area contributed by atoms with Gasteiger partial charge in [-0.1, -0.05) is 18.2 Å². The fourth-order valence-electron chi connectivity index (χ4n) is 2.40. The number of nitrogens with one attached hydrogen (secondary N) is 1. The summed E-state index contributed by atoms with van der Waals surface area (Å²) in [5.74, 6) is 0.451. The Hall–Kier alpha value is -2.38. The van der Waals surface area contributed by atoms with E-state index in [1.165, 1.54) is 11.8 Å². The highest BCUT2D eigenvalue weighted by Gasteiger charge is 2.16. The Morgan fingerprint density at radius 1 is 1.16 bits per heavy atom. The van der Waals surface area contributed by atoms with E-state index >= 15 is 0 Å². The van der Waals surface area contributed by atoms with Crippen molar-refractivity contribution in [1.29, 1.82) is 0 Å². The molecular formula is C18H22N2O4S. The predicted molar refractivity (Wildman–Crippen MR) is 97.4 cm³/mol. The van der Waals surface area contributed by atoms with Crippen LogP contribution in [0.4, 0.5) is 5.69 Å². The van der Waals surface area contributed by atoms with Gasteiger partial charge < -0.3 is 9.64 Å². The molecule has 1 N–H and O–H groups in total. The monoisotopic (exact) mass is 362 g/mol. The zero-order chi connectivity index (χ0) is 18.4. The smallest absolute Gasteiger partial charge is 0.240 e. The fraction of sp³-hybridized carbons (Fsp3) is 0.278. The third-order valence-electron chi connectivity index (χ3n) is 3.67. The van der Waals surface area contributed by atoms with E-state index in [1.807, 2.05) is 13.0 Å². The number of anilines is 1. The van der Waals surface area contributed by atoms with E-state index in [4.69, 9.17) is 4.74 Å². The molecule has 0 saturated heterocycles. The van der Waals surface area contributed by atoms with Gasteiger partial charge >= 0.3 is 0 Å². The van der Waals surface area contributed by atoms with Crippen molar-refractivity contribution < 1.29 is 17.9 Å². The van der Waals surface area contributed by atoms with Gasteiger partial charge in [0, 0.05) is 31.8 Å². The number of hydrogen-bond acceptors (Lipinski definition) is 4. The number of sulfonamides is 1. The van der Waals surface area contributed by atoms with E-state index in [0.29, 0.717) is 11.4 Å². The molecule has 7 heteroatoms. The summed E-state index contributed by atoms with van der Waals surface area (Å²) in [4.78, 5) is 13.6. The van der Waals surface area contributed by atoms with Crippen LogP contribution in [0.3, 0.4) is 0 Å². The van der Waals surface area contributed by atoms with E-state index in [1.54, 1.807) is 49.6 Å². The molecule has 0 aliphatic rings. The van der Waals surface area contributed by atoms with Gasteiger partial charge in [0.2, 0.25) is 15.9 Å². The number of carbonyl (C=O) groups is 1. The van der Waals surface area contributed by atoms with E-state index in [2.05, 4.69) is 4.72 Å². The van der Waals surface area contributed by atoms with Gasteiger partial charge in [0.25, 0.3) is 0 Å². The van der Waals surface area contributed by atoms with Crippen LogP contribution in [-0.2, 0) is 14.8 Å². The van der Waals surface area contributed by atoms with Crippen LogP contribution >= 0.6 is 0 Å². The number of rotatable bonds is 7. The van der Waals surface area contributed by atoms with Crippen molar-refractivity contribution in [2.45, 2.75) is 18.7 Å². The minimum absolute atomic E-state index is 0.104. The van der Waals surface area contributed by atoms with E-state index < -0.39 is 10.0 Å². The van der Waals surface area contributed by atoms with Gasteiger partial charge in [0.15, 0.2) is 0 Å². The van der Waals surface area contributed by atoms with E-state index in [9.17, 15) is 13.2 Å². The average Bonchev–Trinajstić information content (AvgIpc) is 2.58. The predicted octanol–water partition coefficient (Wildman–Crippen LogP) is 2.34. The molecule has 0 aliphatic carbocycles. The molecule has 2 aromatic rings. The quantitative estimate of drug-likeness (QED) is 0.820. The van der Waals surface area contributed by atoms with Crippen LogP contribution in [0.15, 0.2) is 53.4 Å². The fourth-order valence-corrected chi connectivity index (χ4v) is 3.53. The maximum atomic E-state index is 12.3. The highest BCUT2D eigenvalue weighted by molar-refractivity contribution is 7.89. The Kier molecular flexibility index (Phi) is 6.17. The normalized spacial score (nSPS) is 11.2. The van der Waals surface area contributed by atoms with Crippen molar-refractivity contribution in [3.05, 3.63) is 54.1 Å². The number of nitrogens with zero attached hydrogens (tertiary/aromatic N) is 1. The molecule has 0 saturated carbocycles. The number of hydrogen-bond donors (Lipinski definition) is 1. The van der Waals surface area contributed by atoms with Gasteiger partial charge in [-0.25, -0.2) is 13.1 Å². The minimum atomic E-state index is -3.61. The van der Waals surface area contributed by atoms with Crippen LogP contribution in [-0.4, -0.2) is 34.5 Å². The molecule has 0 bridgehead atoms. The third kappa shape index (κ3) is 5.04. The molecular weight excluding hydrogens is 340 g/mol. The van der Waals surface area contributed by atoms with Crippen molar-refractivity contribution in [3.8, 4) is 5.75 Å². The molecule has 6 nitrogen and oxygen atoms in total. The summed E-state index contributed by atoms with van der Waals surface area (Å²) >= 11 is 0. The summed E-state index contributed by atoms with van der Waals surface area (Å²) in [6.45, 7) is 3.59. The highest BCUT2D eigenvalue weighted by atomic mass is 32.2. The Balaban J connectivity index is 2.08. The Labute approximate surface area is 148 Å². The molecule has 0 heterocycles. The van der Waals surface area contributed by atoms with Gasteiger partial charge in [-0.15, -0.1) is 0 Å². The second-order valence-electron chi connectivity index (χ2n) is 5.59. The van der Waals surface area contributed by atoms with Crippen molar-refractivity contribution in [2.75, 3.05) is 25.1 Å². The summed E-state index contributed by atoms with van der Waals surface area (Å²) in [6, 6.07) is 13.7. The van der Waals surface area contributed by atoms with Crippen LogP contribution in [0.5, 0.6) is 5.75 Å². The third-order valence-corrected chi connectivity index (χ3v) is 5.13. The second-order valence-corrected chi connectivity index (χ2v) is 7.35. The highest BCUT2D eigenvalue weighted by Crippen LogP contribution is 2.21. The van der Waals surface area contributed by atoms with Gasteiger partial charge in [-0.2, -0.15) is 0 Å². The van der Waals surface area contributed by atoms with Gasteiger partial charge in [-0.05, 0) is 36.8 Å². The van der Waals surface area contributed by atoms with Crippen LogP contribution < -0.4 is 14.4 Å². The van der Waals surface area contributed by atoms with E-state index in [0.717, 1.165) is 5.56 Å². The maximum Gasteiger partial charge on any atom is 0.240 e. The molecule has 0 fully saturated rings. The molecule has 134 valence electrons. The maximum absolute atomic E-state index is 12.3. The van der Waals surface area contributed by atoms with Crippen LogP contribution in [0, 0.1) is 6.92 Å². The molecule has 1 amide bonds. The average molecular weight is 362 g/mol. The minimum Gasteiger partial charge on any atom is -0.497 e. The van der Waals surface area contributed by atoms with Crippen molar-refractivity contribution >= 4 is 21.6 Å². The first-order chi connectivity index (χ1) is 11.8. The molecule has 0 atom stereocenters. The first-order valence-corrected chi connectivity index (χ1v) is 9.30. The van der Waals surface area contributed by atoms with Gasteiger partial charge in [-0.3, -0.25) is 4.79 Å². The summed E-state index contributed by atoms with van der Waals surface area (Å²) in [7, 11) is -2.06. The topological polar surface area (TPSA) is 75.7 Å². The van der Waals surface area contributed by atoms with Gasteiger partial charge in [0.05, 0.1) is 12.0 Å². The molecule has 0 radical (unpaired) electrons. The Morgan fingerprint density at radius 3 is 2.52 bits per heavy atom. The van der Waals surface area contributed by atoms with E-state index in [-0.39, 0.29) is 23.9 Å². The second kappa shape index (κ2) is 8.13. The number of aryl methyl sites for hydroxylation is 1. The van der Waals surface area contributed by atoms with Crippen LogP contribution in [0.2, 0.25) is 0 Å². The van der Waals surface area contributed by atoms with Crippen molar-refractivity contribution in [2.24, 2.45) is 0 Å². The first-order valence-electron chi connectivity index (χ1n) is 7.82. The SMILES string of the molecule is COc1cccc(N(CCNS(=O)(=O)c2cccc(C)c2)C(C)=O)c1. The summed E-state index contributed by atoms with van der Waals surface area (Å²) in [5, 5.41) is 0. The standard InChI is InChI=1S/C18H22N2O4S/c1-14-6-4-9-18(12-14)25(22,23)19-10-11-20(15(2)21)16-7-5-8-17(13-16)24-3/h4-9,12-13,19H,10-11H2,1-3H3. The van der Waals surface area contributed by atoms with Crippen molar-refractivity contribution in [3.63, 3.8) is 0 Å². The molecule has 2 rings (SSSR count). The summed E-state index contributed by atoms with van der Waals surface area (Å²) < 4.78 is 32.4. The number of carbonyl (C=O) groups excluding carboxylic acids is 1. The summed E-state index contributed by atoms with van der Waals surface area (Å²) in [5.41, 5.74) is 1.52. The molecule has 0 spiro atoms. The lowest BCUT2D eigenvalue weighted by atomic mass is 10.2. The molecule has 0 unspecified atom stereocenters. The largest absolute Gasteiger partial charge is 0.497 e. The first kappa shape index (κ1) is 19.0. The Bertz CT molecular complexity index is 850. The van der Waals surface area contributed by atoms with Crippen LogP contribution in [0.1, 0.15) is 12.5 Å². The van der Waals surface area contributed by atoms with Crippen LogP contribution in [0.25, 0.3) is 0 Å². The molecule has 0 aromatic heterocycles. The lowest BCUT2D eigenvalue weighted by Gasteiger charge is -2.22. The lowest BCUT2D eigenvalue weighted by molar-refractivity contribution is -0.116. The summed E-state index contributed by atoms with van der Waals surface area (Å²) in [6.07, 6.45) is 0. The molecule has 0 aliphatic heterocycles. The molecule has 25 heavy (non-hydrogen) atoms. The zero-order valence-electron chi connectivity index (χ0n) is 14.5. The number of methoxy groups -OCH3 is 1. The number of amides is 1.